The maximum absolute atomic E-state index is 12.5. The predicted octanol–water partition coefficient (Wildman–Crippen LogP) is 1.44. The van der Waals surface area contributed by atoms with Crippen LogP contribution in [0.4, 0.5) is 0 Å². The molecule has 1 heterocycles. The Morgan fingerprint density at radius 3 is 2.55 bits per heavy atom. The van der Waals surface area contributed by atoms with Crippen molar-refractivity contribution in [3.8, 4) is 0 Å². The van der Waals surface area contributed by atoms with Crippen LogP contribution in [0.25, 0.3) is 0 Å². The molecular weight excluding hydrogens is 252 g/mol. The molecule has 0 atom stereocenters. The van der Waals surface area contributed by atoms with Crippen molar-refractivity contribution >= 4 is 5.91 Å². The Balaban J connectivity index is 1.90. The third kappa shape index (κ3) is 4.32. The van der Waals surface area contributed by atoms with E-state index in [0.717, 1.165) is 25.8 Å². The molecule has 1 aliphatic rings. The first kappa shape index (κ1) is 15.0. The Kier molecular flexibility index (Phi) is 6.02. The summed E-state index contributed by atoms with van der Waals surface area (Å²) in [6, 6.07) is 10.3. The van der Waals surface area contributed by atoms with Crippen LogP contribution in [0.15, 0.2) is 30.3 Å². The number of carbonyl (C=O) groups excluding carboxylic acids is 1. The van der Waals surface area contributed by atoms with E-state index in [1.54, 1.807) is 0 Å². The molecule has 1 amide bonds. The van der Waals surface area contributed by atoms with Gasteiger partial charge in [-0.15, -0.1) is 0 Å². The zero-order valence-corrected chi connectivity index (χ0v) is 12.0. The summed E-state index contributed by atoms with van der Waals surface area (Å²) in [6.45, 7) is 3.31. The van der Waals surface area contributed by atoms with Gasteiger partial charge in [-0.2, -0.15) is 0 Å². The summed E-state index contributed by atoms with van der Waals surface area (Å²) in [5.41, 5.74) is 6.91. The lowest BCUT2D eigenvalue weighted by atomic mass is 9.98. The molecule has 0 aliphatic carbocycles. The molecule has 1 aliphatic heterocycles. The molecule has 1 aromatic rings. The highest BCUT2D eigenvalue weighted by Gasteiger charge is 2.25. The van der Waals surface area contributed by atoms with Crippen molar-refractivity contribution < 1.29 is 9.53 Å². The van der Waals surface area contributed by atoms with Crippen LogP contribution in [0.1, 0.15) is 18.4 Å². The Labute approximate surface area is 120 Å². The minimum absolute atomic E-state index is 0.117. The largest absolute Gasteiger partial charge is 0.381 e. The molecule has 0 radical (unpaired) electrons. The van der Waals surface area contributed by atoms with Gasteiger partial charge < -0.3 is 15.4 Å². The van der Waals surface area contributed by atoms with E-state index in [9.17, 15) is 4.79 Å². The van der Waals surface area contributed by atoms with Gasteiger partial charge in [0.05, 0.1) is 0 Å². The summed E-state index contributed by atoms with van der Waals surface area (Å²) >= 11 is 0. The van der Waals surface area contributed by atoms with E-state index in [1.165, 1.54) is 5.56 Å². The van der Waals surface area contributed by atoms with E-state index >= 15 is 0 Å². The second kappa shape index (κ2) is 8.02. The Hall–Kier alpha value is -1.39. The molecule has 20 heavy (non-hydrogen) atoms. The monoisotopic (exact) mass is 276 g/mol. The SMILES string of the molecule is NCCN(CCc1ccccc1)C(=O)C1CCOCC1. The lowest BCUT2D eigenvalue weighted by molar-refractivity contribution is -0.138. The summed E-state index contributed by atoms with van der Waals surface area (Å²) < 4.78 is 5.32. The van der Waals surface area contributed by atoms with Crippen molar-refractivity contribution in [3.05, 3.63) is 35.9 Å². The van der Waals surface area contributed by atoms with Gasteiger partial charge in [-0.1, -0.05) is 30.3 Å². The average Bonchev–Trinajstić information content (AvgIpc) is 2.52. The quantitative estimate of drug-likeness (QED) is 0.855. The number of ether oxygens (including phenoxy) is 1. The van der Waals surface area contributed by atoms with Crippen LogP contribution in [-0.2, 0) is 16.0 Å². The van der Waals surface area contributed by atoms with E-state index in [1.807, 2.05) is 23.1 Å². The number of rotatable bonds is 6. The third-order valence-electron chi connectivity index (χ3n) is 3.79. The van der Waals surface area contributed by atoms with Gasteiger partial charge in [-0.3, -0.25) is 4.79 Å². The Morgan fingerprint density at radius 1 is 1.20 bits per heavy atom. The molecule has 0 bridgehead atoms. The lowest BCUT2D eigenvalue weighted by Crippen LogP contribution is -2.42. The van der Waals surface area contributed by atoms with Crippen LogP contribution >= 0.6 is 0 Å². The van der Waals surface area contributed by atoms with E-state index in [4.69, 9.17) is 10.5 Å². The van der Waals surface area contributed by atoms with Crippen LogP contribution in [-0.4, -0.2) is 43.7 Å². The summed E-state index contributed by atoms with van der Waals surface area (Å²) in [5.74, 6) is 0.362. The van der Waals surface area contributed by atoms with Crippen LogP contribution in [0.3, 0.4) is 0 Å². The molecule has 1 saturated heterocycles. The maximum Gasteiger partial charge on any atom is 0.225 e. The first-order valence-corrected chi connectivity index (χ1v) is 7.42. The number of nitrogens with two attached hydrogens (primary N) is 1. The van der Waals surface area contributed by atoms with Gasteiger partial charge in [0, 0.05) is 38.8 Å². The number of nitrogens with zero attached hydrogens (tertiary/aromatic N) is 1. The molecule has 2 rings (SSSR count). The number of amides is 1. The molecule has 0 saturated carbocycles. The number of benzene rings is 1. The van der Waals surface area contributed by atoms with E-state index < -0.39 is 0 Å². The molecule has 1 fully saturated rings. The molecule has 2 N–H and O–H groups in total. The minimum atomic E-state index is 0.117. The number of hydrogen-bond acceptors (Lipinski definition) is 3. The van der Waals surface area contributed by atoms with Gasteiger partial charge in [-0.25, -0.2) is 0 Å². The molecule has 0 aromatic heterocycles. The van der Waals surface area contributed by atoms with Crippen molar-refractivity contribution in [2.24, 2.45) is 11.7 Å². The van der Waals surface area contributed by atoms with Crippen LogP contribution in [0.2, 0.25) is 0 Å². The van der Waals surface area contributed by atoms with Crippen LogP contribution in [0.5, 0.6) is 0 Å². The molecule has 4 heteroatoms. The maximum atomic E-state index is 12.5. The van der Waals surface area contributed by atoms with Gasteiger partial charge in [0.15, 0.2) is 0 Å². The fourth-order valence-electron chi connectivity index (χ4n) is 2.60. The van der Waals surface area contributed by atoms with Crippen LogP contribution in [0, 0.1) is 5.92 Å². The molecule has 110 valence electrons. The van der Waals surface area contributed by atoms with Crippen molar-refractivity contribution in [1.82, 2.24) is 4.90 Å². The van der Waals surface area contributed by atoms with Crippen LogP contribution < -0.4 is 5.73 Å². The standard InChI is InChI=1S/C16H24N2O2/c17-9-11-18(10-6-14-4-2-1-3-5-14)16(19)15-7-12-20-13-8-15/h1-5,15H,6-13,17H2. The topological polar surface area (TPSA) is 55.6 Å². The predicted molar refractivity (Wildman–Crippen MR) is 79.3 cm³/mol. The van der Waals surface area contributed by atoms with Gasteiger partial charge in [0.25, 0.3) is 0 Å². The summed E-state index contributed by atoms with van der Waals surface area (Å²) in [4.78, 5) is 14.4. The second-order valence-electron chi connectivity index (χ2n) is 5.24. The zero-order chi connectivity index (χ0) is 14.2. The Bertz CT molecular complexity index is 402. The fraction of sp³-hybridized carbons (Fsp3) is 0.562. The average molecular weight is 276 g/mol. The number of carbonyl (C=O) groups is 1. The highest BCUT2D eigenvalue weighted by atomic mass is 16.5. The summed E-state index contributed by atoms with van der Waals surface area (Å²) in [5, 5.41) is 0. The molecular formula is C16H24N2O2. The van der Waals surface area contributed by atoms with Crippen molar-refractivity contribution in [2.75, 3.05) is 32.8 Å². The van der Waals surface area contributed by atoms with Gasteiger partial charge in [-0.05, 0) is 24.8 Å². The molecule has 0 unspecified atom stereocenters. The molecule has 4 nitrogen and oxygen atoms in total. The van der Waals surface area contributed by atoms with Gasteiger partial charge in [0.1, 0.15) is 0 Å². The second-order valence-corrected chi connectivity index (χ2v) is 5.24. The summed E-state index contributed by atoms with van der Waals surface area (Å²) in [7, 11) is 0. The van der Waals surface area contributed by atoms with Gasteiger partial charge in [0.2, 0.25) is 5.91 Å². The smallest absolute Gasteiger partial charge is 0.225 e. The first-order chi connectivity index (χ1) is 9.81. The van der Waals surface area contributed by atoms with E-state index in [-0.39, 0.29) is 11.8 Å². The third-order valence-corrected chi connectivity index (χ3v) is 3.79. The highest BCUT2D eigenvalue weighted by Crippen LogP contribution is 2.17. The lowest BCUT2D eigenvalue weighted by Gasteiger charge is -2.29. The number of hydrogen-bond donors (Lipinski definition) is 1. The fourth-order valence-corrected chi connectivity index (χ4v) is 2.60. The Morgan fingerprint density at radius 2 is 1.90 bits per heavy atom. The first-order valence-electron chi connectivity index (χ1n) is 7.42. The van der Waals surface area contributed by atoms with E-state index in [2.05, 4.69) is 12.1 Å². The van der Waals surface area contributed by atoms with E-state index in [0.29, 0.717) is 26.3 Å². The highest BCUT2D eigenvalue weighted by molar-refractivity contribution is 5.79. The van der Waals surface area contributed by atoms with Gasteiger partial charge >= 0.3 is 0 Å². The summed E-state index contributed by atoms with van der Waals surface area (Å²) in [6.07, 6.45) is 2.56. The minimum Gasteiger partial charge on any atom is -0.381 e. The molecule has 0 spiro atoms. The molecule has 1 aromatic carbocycles. The van der Waals surface area contributed by atoms with Crippen molar-refractivity contribution in [3.63, 3.8) is 0 Å². The zero-order valence-electron chi connectivity index (χ0n) is 12.0. The van der Waals surface area contributed by atoms with Crippen molar-refractivity contribution in [1.29, 1.82) is 0 Å². The normalized spacial score (nSPS) is 16.1. The van der Waals surface area contributed by atoms with Crippen molar-refractivity contribution in [2.45, 2.75) is 19.3 Å².